The zero-order valence-corrected chi connectivity index (χ0v) is 14.0. The lowest BCUT2D eigenvalue weighted by atomic mass is 10.1. The number of hydrogen-bond acceptors (Lipinski definition) is 5. The molecule has 2 aliphatic heterocycles. The Balaban J connectivity index is 1.17. The van der Waals surface area contributed by atoms with Crippen molar-refractivity contribution in [2.75, 3.05) is 13.1 Å². The molecule has 3 aliphatic rings. The third-order valence-electron chi connectivity index (χ3n) is 5.69. The molecule has 2 aromatic rings. The van der Waals surface area contributed by atoms with Gasteiger partial charge >= 0.3 is 0 Å². The first-order valence-corrected chi connectivity index (χ1v) is 8.92. The van der Waals surface area contributed by atoms with E-state index in [2.05, 4.69) is 57.7 Å². The van der Waals surface area contributed by atoms with Crippen LogP contribution in [-0.2, 0) is 6.54 Å². The van der Waals surface area contributed by atoms with Crippen LogP contribution in [0.3, 0.4) is 0 Å². The fourth-order valence-electron chi connectivity index (χ4n) is 4.29. The maximum atomic E-state index is 9.91. The molecule has 0 spiro atoms. The zero-order valence-electron chi connectivity index (χ0n) is 14.0. The van der Waals surface area contributed by atoms with Crippen LogP contribution in [0, 0.1) is 11.8 Å². The molecule has 1 saturated carbocycles. The standard InChI is InChI=1S/C20H22N4O/c25-24-9-3-8-21-20(24)23-12-17-18(13-23)19(17)22-11-14-6-7-15-4-1-2-5-16(15)10-14/h1-10,17-20,22,25H,11-13H2. The van der Waals surface area contributed by atoms with E-state index in [1.807, 2.05) is 0 Å². The molecule has 1 aliphatic carbocycles. The van der Waals surface area contributed by atoms with Crippen LogP contribution in [-0.4, -0.2) is 46.8 Å². The Morgan fingerprint density at radius 2 is 1.88 bits per heavy atom. The lowest BCUT2D eigenvalue weighted by Gasteiger charge is -2.32. The Hall–Kier alpha value is -2.21. The maximum absolute atomic E-state index is 9.91. The molecule has 0 amide bonds. The van der Waals surface area contributed by atoms with Crippen molar-refractivity contribution in [3.8, 4) is 0 Å². The fraction of sp³-hybridized carbons (Fsp3) is 0.350. The van der Waals surface area contributed by atoms with E-state index in [0.717, 1.165) is 19.6 Å². The van der Waals surface area contributed by atoms with Crippen molar-refractivity contribution >= 4 is 17.0 Å². The Labute approximate surface area is 147 Å². The number of aliphatic imine (C=N–C) groups is 1. The molecule has 2 aromatic carbocycles. The highest BCUT2D eigenvalue weighted by Gasteiger charge is 2.56. The summed E-state index contributed by atoms with van der Waals surface area (Å²) in [6, 6.07) is 15.8. The van der Waals surface area contributed by atoms with Crippen molar-refractivity contribution in [3.63, 3.8) is 0 Å². The molecule has 2 heterocycles. The molecule has 2 N–H and O–H groups in total. The van der Waals surface area contributed by atoms with Crippen LogP contribution in [0.4, 0.5) is 0 Å². The number of rotatable bonds is 4. The Kier molecular flexibility index (Phi) is 3.59. The van der Waals surface area contributed by atoms with Gasteiger partial charge in [-0.25, -0.2) is 5.06 Å². The molecule has 2 fully saturated rings. The average Bonchev–Trinajstić information content (AvgIpc) is 3.09. The lowest BCUT2D eigenvalue weighted by Crippen LogP contribution is -2.45. The molecule has 0 bridgehead atoms. The SMILES string of the molecule is ON1C=CC=NC1N1CC2C(C1)C2NCc1ccc2ccccc2c1. The van der Waals surface area contributed by atoms with Crippen molar-refractivity contribution in [3.05, 3.63) is 60.3 Å². The number of allylic oxidation sites excluding steroid dienone is 1. The van der Waals surface area contributed by atoms with E-state index < -0.39 is 0 Å². The number of benzene rings is 2. The van der Waals surface area contributed by atoms with Crippen LogP contribution in [0.2, 0.25) is 0 Å². The van der Waals surface area contributed by atoms with E-state index in [-0.39, 0.29) is 6.29 Å². The first-order valence-electron chi connectivity index (χ1n) is 8.92. The number of fused-ring (bicyclic) bond motifs is 2. The van der Waals surface area contributed by atoms with E-state index in [1.54, 1.807) is 18.5 Å². The van der Waals surface area contributed by atoms with Gasteiger partial charge < -0.3 is 5.32 Å². The molecular formula is C20H22N4O. The monoisotopic (exact) mass is 334 g/mol. The molecule has 5 heteroatoms. The van der Waals surface area contributed by atoms with Gasteiger partial charge in [0.15, 0.2) is 0 Å². The van der Waals surface area contributed by atoms with E-state index in [0.29, 0.717) is 17.9 Å². The molecular weight excluding hydrogens is 312 g/mol. The smallest absolute Gasteiger partial charge is 0.201 e. The second kappa shape index (κ2) is 5.95. The van der Waals surface area contributed by atoms with Crippen molar-refractivity contribution < 1.29 is 5.21 Å². The molecule has 0 radical (unpaired) electrons. The van der Waals surface area contributed by atoms with E-state index in [4.69, 9.17) is 0 Å². The number of hydroxylamine groups is 2. The molecule has 5 rings (SSSR count). The van der Waals surface area contributed by atoms with Gasteiger partial charge in [0.25, 0.3) is 0 Å². The fourth-order valence-corrected chi connectivity index (χ4v) is 4.29. The maximum Gasteiger partial charge on any atom is 0.201 e. The van der Waals surface area contributed by atoms with E-state index in [9.17, 15) is 5.21 Å². The summed E-state index contributed by atoms with van der Waals surface area (Å²) in [4.78, 5) is 6.62. The zero-order chi connectivity index (χ0) is 16.8. The van der Waals surface area contributed by atoms with E-state index >= 15 is 0 Å². The summed E-state index contributed by atoms with van der Waals surface area (Å²) in [5.41, 5.74) is 1.34. The molecule has 3 atom stereocenters. The second-order valence-corrected chi connectivity index (χ2v) is 7.24. The van der Waals surface area contributed by atoms with Crippen LogP contribution in [0.25, 0.3) is 10.8 Å². The first-order chi connectivity index (χ1) is 12.3. The molecule has 3 unspecified atom stereocenters. The van der Waals surface area contributed by atoms with Gasteiger partial charge in [-0.2, -0.15) is 0 Å². The Morgan fingerprint density at radius 1 is 1.08 bits per heavy atom. The van der Waals surface area contributed by atoms with Gasteiger partial charge in [-0.1, -0.05) is 36.4 Å². The predicted octanol–water partition coefficient (Wildman–Crippen LogP) is 2.43. The molecule has 25 heavy (non-hydrogen) atoms. The van der Waals surface area contributed by atoms with Crippen LogP contribution in [0.15, 0.2) is 59.7 Å². The highest BCUT2D eigenvalue weighted by atomic mass is 16.5. The first kappa shape index (κ1) is 15.1. The third kappa shape index (κ3) is 2.74. The van der Waals surface area contributed by atoms with Gasteiger partial charge in [0.1, 0.15) is 0 Å². The van der Waals surface area contributed by atoms with Crippen molar-refractivity contribution in [2.24, 2.45) is 16.8 Å². The topological polar surface area (TPSA) is 51.1 Å². The number of piperidine rings is 1. The largest absolute Gasteiger partial charge is 0.309 e. The Morgan fingerprint density at radius 3 is 2.68 bits per heavy atom. The highest BCUT2D eigenvalue weighted by molar-refractivity contribution is 5.82. The van der Waals surface area contributed by atoms with Gasteiger partial charge in [-0.15, -0.1) is 0 Å². The van der Waals surface area contributed by atoms with Crippen LogP contribution < -0.4 is 5.32 Å². The van der Waals surface area contributed by atoms with Gasteiger partial charge in [-0.3, -0.25) is 15.1 Å². The summed E-state index contributed by atoms with van der Waals surface area (Å²) < 4.78 is 0. The molecule has 0 aromatic heterocycles. The summed E-state index contributed by atoms with van der Waals surface area (Å²) in [5.74, 6) is 1.35. The second-order valence-electron chi connectivity index (χ2n) is 7.24. The van der Waals surface area contributed by atoms with Gasteiger partial charge in [0, 0.05) is 38.1 Å². The predicted molar refractivity (Wildman–Crippen MR) is 98.2 cm³/mol. The summed E-state index contributed by atoms with van der Waals surface area (Å²) >= 11 is 0. The summed E-state index contributed by atoms with van der Waals surface area (Å²) in [6.07, 6.45) is 4.92. The summed E-state index contributed by atoms with van der Waals surface area (Å²) in [6.45, 7) is 2.90. The lowest BCUT2D eigenvalue weighted by molar-refractivity contribution is -0.127. The van der Waals surface area contributed by atoms with Gasteiger partial charge in [0.2, 0.25) is 6.29 Å². The van der Waals surface area contributed by atoms with Gasteiger partial charge in [-0.05, 0) is 40.3 Å². The molecule has 128 valence electrons. The summed E-state index contributed by atoms with van der Waals surface area (Å²) in [5, 5.41) is 17.4. The Bertz CT molecular complexity index is 836. The van der Waals surface area contributed by atoms with Crippen molar-refractivity contribution in [1.82, 2.24) is 15.3 Å². The summed E-state index contributed by atoms with van der Waals surface area (Å²) in [7, 11) is 0. The van der Waals surface area contributed by atoms with Crippen LogP contribution in [0.1, 0.15) is 5.56 Å². The highest BCUT2D eigenvalue weighted by Crippen LogP contribution is 2.46. The van der Waals surface area contributed by atoms with Crippen LogP contribution >= 0.6 is 0 Å². The van der Waals surface area contributed by atoms with Gasteiger partial charge in [0.05, 0.1) is 0 Å². The third-order valence-corrected chi connectivity index (χ3v) is 5.69. The minimum atomic E-state index is -0.251. The number of likely N-dealkylation sites (tertiary alicyclic amines) is 1. The van der Waals surface area contributed by atoms with Crippen molar-refractivity contribution in [2.45, 2.75) is 18.9 Å². The number of hydrogen-bond donors (Lipinski definition) is 2. The average molecular weight is 334 g/mol. The number of nitrogens with zero attached hydrogens (tertiary/aromatic N) is 3. The minimum Gasteiger partial charge on any atom is -0.309 e. The molecule has 1 saturated heterocycles. The quantitative estimate of drug-likeness (QED) is 0.902. The van der Waals surface area contributed by atoms with Crippen LogP contribution in [0.5, 0.6) is 0 Å². The number of nitrogens with one attached hydrogen (secondary N) is 1. The molecule has 5 nitrogen and oxygen atoms in total. The normalized spacial score (nSPS) is 30.8. The minimum absolute atomic E-state index is 0.251. The van der Waals surface area contributed by atoms with E-state index in [1.165, 1.54) is 21.4 Å². The van der Waals surface area contributed by atoms with Crippen molar-refractivity contribution in [1.29, 1.82) is 0 Å².